The second-order valence-corrected chi connectivity index (χ2v) is 11.6. The van der Waals surface area contributed by atoms with Gasteiger partial charge in [-0.3, -0.25) is 18.5 Å². The van der Waals surface area contributed by atoms with Crippen LogP contribution in [0, 0.1) is 5.92 Å². The fourth-order valence-corrected chi connectivity index (χ4v) is 5.17. The van der Waals surface area contributed by atoms with Gasteiger partial charge in [-0.25, -0.2) is 8.37 Å². The van der Waals surface area contributed by atoms with Gasteiger partial charge in [0.05, 0.1) is 24.7 Å². The van der Waals surface area contributed by atoms with E-state index in [1.54, 1.807) is 0 Å². The summed E-state index contributed by atoms with van der Waals surface area (Å²) in [5, 5.41) is 40.9. The van der Waals surface area contributed by atoms with Gasteiger partial charge in [0.25, 0.3) is 0 Å². The Morgan fingerprint density at radius 1 is 1.03 bits per heavy atom. The molecule has 1 aliphatic rings. The SMILES string of the molecule is CCC(OC1C(COS(=O)(=O)O)OC(O)C(NS(=O)(=O)O)C1O)C(OS(=O)(=O)O)C(O)C(OC)C(C)C(=O)O. The van der Waals surface area contributed by atoms with E-state index in [2.05, 4.69) is 8.37 Å². The van der Waals surface area contributed by atoms with Crippen LogP contribution < -0.4 is 4.72 Å². The molecule has 0 saturated carbocycles. The van der Waals surface area contributed by atoms with Gasteiger partial charge in [0.1, 0.15) is 36.6 Å². The highest BCUT2D eigenvalue weighted by Crippen LogP contribution is 2.29. The van der Waals surface area contributed by atoms with Crippen LogP contribution in [0.25, 0.3) is 0 Å². The van der Waals surface area contributed by atoms with Gasteiger partial charge in [0.15, 0.2) is 6.29 Å². The van der Waals surface area contributed by atoms with Crippen molar-refractivity contribution in [3.63, 3.8) is 0 Å². The quantitative estimate of drug-likeness (QED) is 0.0749. The molecule has 232 valence electrons. The first-order chi connectivity index (χ1) is 17.6. The van der Waals surface area contributed by atoms with Crippen LogP contribution in [0.4, 0.5) is 0 Å². The summed E-state index contributed by atoms with van der Waals surface area (Å²) in [6.07, 6.45) is -16.6. The van der Waals surface area contributed by atoms with E-state index in [-0.39, 0.29) is 6.42 Å². The molecule has 20 nitrogen and oxygen atoms in total. The Morgan fingerprint density at radius 2 is 1.59 bits per heavy atom. The number of aliphatic hydroxyl groups is 3. The number of carbonyl (C=O) groups is 1. The lowest BCUT2D eigenvalue weighted by atomic mass is 9.92. The minimum absolute atomic E-state index is 0.358. The number of carboxylic acid groups (broad SMARTS) is 1. The molecule has 8 N–H and O–H groups in total. The van der Waals surface area contributed by atoms with Gasteiger partial charge in [0.2, 0.25) is 0 Å². The lowest BCUT2D eigenvalue weighted by Gasteiger charge is -2.44. The van der Waals surface area contributed by atoms with Crippen molar-refractivity contribution < 1.29 is 86.7 Å². The fraction of sp³-hybridized carbons (Fsp3) is 0.938. The third kappa shape index (κ3) is 11.3. The lowest BCUT2D eigenvalue weighted by molar-refractivity contribution is -0.275. The summed E-state index contributed by atoms with van der Waals surface area (Å²) in [4.78, 5) is 11.4. The molecule has 0 radical (unpaired) electrons. The van der Waals surface area contributed by atoms with Gasteiger partial charge >= 0.3 is 37.1 Å². The number of carboxylic acids is 1. The number of hydrogen-bond acceptors (Lipinski definition) is 15. The number of nitrogens with one attached hydrogen (secondary N) is 1. The van der Waals surface area contributed by atoms with Gasteiger partial charge < -0.3 is 34.6 Å². The van der Waals surface area contributed by atoms with Crippen molar-refractivity contribution in [1.82, 2.24) is 4.72 Å². The zero-order valence-electron chi connectivity index (χ0n) is 20.4. The zero-order chi connectivity index (χ0) is 30.5. The molecule has 1 fully saturated rings. The average molecular weight is 638 g/mol. The molecule has 39 heavy (non-hydrogen) atoms. The van der Waals surface area contributed by atoms with Crippen LogP contribution in [0.5, 0.6) is 0 Å². The summed E-state index contributed by atoms with van der Waals surface area (Å²) in [6, 6.07) is -2.09. The average Bonchev–Trinajstić information content (AvgIpc) is 2.77. The smallest absolute Gasteiger partial charge is 0.397 e. The molecular formula is C16H31NO19S3. The minimum atomic E-state index is -5.39. The Kier molecular flexibility index (Phi) is 13.0. The van der Waals surface area contributed by atoms with E-state index in [1.807, 2.05) is 0 Å². The lowest BCUT2D eigenvalue weighted by Crippen LogP contribution is -2.66. The molecular weight excluding hydrogens is 606 g/mol. The second kappa shape index (κ2) is 14.1. The van der Waals surface area contributed by atoms with Crippen LogP contribution >= 0.6 is 0 Å². The molecule has 0 aliphatic carbocycles. The van der Waals surface area contributed by atoms with Crippen LogP contribution in [0.15, 0.2) is 0 Å². The molecule has 23 heteroatoms. The van der Waals surface area contributed by atoms with Crippen molar-refractivity contribution in [2.24, 2.45) is 5.92 Å². The number of aliphatic carboxylic acids is 1. The van der Waals surface area contributed by atoms with E-state index in [1.165, 1.54) is 11.6 Å². The summed E-state index contributed by atoms with van der Waals surface area (Å²) in [5.74, 6) is -2.99. The summed E-state index contributed by atoms with van der Waals surface area (Å²) in [7, 11) is -14.7. The summed E-state index contributed by atoms with van der Waals surface area (Å²) >= 11 is 0. The van der Waals surface area contributed by atoms with E-state index >= 15 is 0 Å². The van der Waals surface area contributed by atoms with Crippen LogP contribution in [0.2, 0.25) is 0 Å². The van der Waals surface area contributed by atoms with Gasteiger partial charge in [-0.1, -0.05) is 6.92 Å². The predicted molar refractivity (Wildman–Crippen MR) is 122 cm³/mol. The van der Waals surface area contributed by atoms with E-state index in [0.29, 0.717) is 0 Å². The molecule has 10 atom stereocenters. The van der Waals surface area contributed by atoms with E-state index in [0.717, 1.165) is 14.0 Å². The van der Waals surface area contributed by atoms with E-state index in [4.69, 9.17) is 23.3 Å². The van der Waals surface area contributed by atoms with Crippen LogP contribution in [-0.2, 0) is 58.5 Å². The summed E-state index contributed by atoms with van der Waals surface area (Å²) in [6.45, 7) is 1.19. The molecule has 0 aromatic carbocycles. The third-order valence-corrected chi connectivity index (χ3v) is 6.99. The monoisotopic (exact) mass is 637 g/mol. The summed E-state index contributed by atoms with van der Waals surface area (Å²) in [5.41, 5.74) is 0. The van der Waals surface area contributed by atoms with E-state index < -0.39 is 105 Å². The van der Waals surface area contributed by atoms with Crippen molar-refractivity contribution >= 4 is 37.1 Å². The van der Waals surface area contributed by atoms with Crippen molar-refractivity contribution in [1.29, 1.82) is 0 Å². The summed E-state index contributed by atoms with van der Waals surface area (Å²) < 4.78 is 121. The van der Waals surface area contributed by atoms with Gasteiger partial charge in [-0.05, 0) is 13.3 Å². The molecule has 1 heterocycles. The number of rotatable bonds is 16. The minimum Gasteiger partial charge on any atom is -0.481 e. The Bertz CT molecular complexity index is 1130. The molecule has 0 spiro atoms. The van der Waals surface area contributed by atoms with Crippen molar-refractivity contribution in [2.75, 3.05) is 13.7 Å². The van der Waals surface area contributed by atoms with Crippen LogP contribution in [-0.4, -0.2) is 134 Å². The van der Waals surface area contributed by atoms with Crippen molar-refractivity contribution in [3.8, 4) is 0 Å². The molecule has 1 rings (SSSR count). The Hall–Kier alpha value is -1.16. The normalized spacial score (nSPS) is 28.8. The second-order valence-electron chi connectivity index (χ2n) is 8.24. The first-order valence-corrected chi connectivity index (χ1v) is 14.9. The van der Waals surface area contributed by atoms with Gasteiger partial charge in [0, 0.05) is 7.11 Å². The molecule has 0 aromatic heterocycles. The number of hydrogen-bond donors (Lipinski definition) is 8. The highest BCUT2D eigenvalue weighted by molar-refractivity contribution is 7.83. The first-order valence-electron chi connectivity index (χ1n) is 10.7. The topological polar surface area (TPSA) is 319 Å². The van der Waals surface area contributed by atoms with Crippen molar-refractivity contribution in [2.45, 2.75) is 75.3 Å². The molecule has 1 saturated heterocycles. The molecule has 0 aromatic rings. The van der Waals surface area contributed by atoms with Crippen LogP contribution in [0.1, 0.15) is 20.3 Å². The fourth-order valence-electron chi connectivity index (χ4n) is 3.74. The molecule has 10 unspecified atom stereocenters. The molecule has 0 amide bonds. The predicted octanol–water partition coefficient (Wildman–Crippen LogP) is -3.91. The van der Waals surface area contributed by atoms with Gasteiger partial charge in [-0.15, -0.1) is 0 Å². The van der Waals surface area contributed by atoms with Gasteiger partial charge in [-0.2, -0.15) is 30.0 Å². The Balaban J connectivity index is 3.52. The van der Waals surface area contributed by atoms with Crippen molar-refractivity contribution in [3.05, 3.63) is 0 Å². The number of methoxy groups -OCH3 is 1. The molecule has 0 bridgehead atoms. The number of ether oxygens (including phenoxy) is 3. The first kappa shape index (κ1) is 35.9. The maximum absolute atomic E-state index is 11.6. The maximum atomic E-state index is 11.6. The highest BCUT2D eigenvalue weighted by Gasteiger charge is 2.50. The van der Waals surface area contributed by atoms with Crippen LogP contribution in [0.3, 0.4) is 0 Å². The van der Waals surface area contributed by atoms with E-state index in [9.17, 15) is 55.0 Å². The third-order valence-electron chi connectivity index (χ3n) is 5.52. The standard InChI is InChI=1S/C16H31NO19S3/c1-4-7(14(36-39(29,30)31)11(19)12(32-3)6(2)15(20)21)34-13-8(5-33-38(26,27)28)35-16(22)9(10(13)18)17-37(23,24)25/h6-14,16-19,22H,4-5H2,1-3H3,(H,20,21)(H,23,24,25)(H,26,27,28)(H,29,30,31). The Morgan fingerprint density at radius 3 is 2.00 bits per heavy atom. The maximum Gasteiger partial charge on any atom is 0.397 e. The zero-order valence-corrected chi connectivity index (χ0v) is 22.9. The largest absolute Gasteiger partial charge is 0.481 e. The molecule has 1 aliphatic heterocycles. The highest BCUT2D eigenvalue weighted by atomic mass is 32.3. The Labute approximate surface area is 223 Å². The number of aliphatic hydroxyl groups excluding tert-OH is 3.